The van der Waals surface area contributed by atoms with Crippen molar-refractivity contribution in [1.82, 2.24) is 5.32 Å². The molecule has 1 atom stereocenters. The van der Waals surface area contributed by atoms with Crippen molar-refractivity contribution in [3.8, 4) is 5.75 Å². The number of nitrogens with one attached hydrogen (secondary N) is 1. The number of hydrogen-bond donors (Lipinski definition) is 2. The highest BCUT2D eigenvalue weighted by molar-refractivity contribution is 5.70. The average molecular weight is 285 g/mol. The summed E-state index contributed by atoms with van der Waals surface area (Å²) in [6.45, 7) is 3.01. The Bertz CT molecular complexity index is 567. The minimum absolute atomic E-state index is 0.0992. The van der Waals surface area contributed by atoms with Crippen LogP contribution in [0.4, 0.5) is 0 Å². The van der Waals surface area contributed by atoms with Crippen LogP contribution in [-0.2, 0) is 17.9 Å². The van der Waals surface area contributed by atoms with Gasteiger partial charge in [-0.05, 0) is 30.2 Å². The van der Waals surface area contributed by atoms with E-state index in [1.54, 1.807) is 0 Å². The first kappa shape index (κ1) is 15.2. The van der Waals surface area contributed by atoms with Crippen LogP contribution in [0.1, 0.15) is 18.1 Å². The number of rotatable bonds is 7. The van der Waals surface area contributed by atoms with E-state index in [9.17, 15) is 4.79 Å². The molecule has 21 heavy (non-hydrogen) atoms. The lowest BCUT2D eigenvalue weighted by molar-refractivity contribution is -0.308. The molecule has 0 aliphatic heterocycles. The lowest BCUT2D eigenvalue weighted by atomic mass is 10.2. The smallest absolute Gasteiger partial charge is 0.325 e. The summed E-state index contributed by atoms with van der Waals surface area (Å²) in [5.41, 5.74) is 5.65. The number of carbonyl (C=O) groups is 1. The molecular weight excluding hydrogens is 264 g/mol. The Balaban J connectivity index is 1.83. The van der Waals surface area contributed by atoms with Crippen LogP contribution in [0.15, 0.2) is 54.6 Å². The topological polar surface area (TPSA) is 66.0 Å². The van der Waals surface area contributed by atoms with Crippen LogP contribution in [0, 0.1) is 0 Å². The van der Waals surface area contributed by atoms with Crippen LogP contribution in [-0.4, -0.2) is 11.9 Å². The van der Waals surface area contributed by atoms with Crippen LogP contribution in [0.25, 0.3) is 0 Å². The maximum Gasteiger partial charge on any atom is 0.325 e. The lowest BCUT2D eigenvalue weighted by Gasteiger charge is -2.09. The first-order valence-electron chi connectivity index (χ1n) is 7.00. The summed E-state index contributed by atoms with van der Waals surface area (Å²) in [4.78, 5) is 11.0. The van der Waals surface area contributed by atoms with Crippen molar-refractivity contribution in [2.75, 3.05) is 0 Å². The molecule has 0 aliphatic carbocycles. The second-order valence-electron chi connectivity index (χ2n) is 4.99. The average Bonchev–Trinajstić information content (AvgIpc) is 2.52. The predicted molar refractivity (Wildman–Crippen MR) is 81.4 cm³/mol. The highest BCUT2D eigenvalue weighted by Gasteiger charge is 2.10. The molecule has 4 nitrogen and oxygen atoms in total. The van der Waals surface area contributed by atoms with Crippen LogP contribution in [0.3, 0.4) is 0 Å². The minimum Gasteiger partial charge on any atom is -0.489 e. The Morgan fingerprint density at radius 3 is 2.38 bits per heavy atom. The van der Waals surface area contributed by atoms with Crippen molar-refractivity contribution in [3.05, 3.63) is 65.7 Å². The summed E-state index contributed by atoms with van der Waals surface area (Å²) in [7, 11) is 0. The van der Waals surface area contributed by atoms with Gasteiger partial charge in [0.1, 0.15) is 18.4 Å². The van der Waals surface area contributed by atoms with E-state index < -0.39 is 0 Å². The molecule has 0 fully saturated rings. The zero-order valence-corrected chi connectivity index (χ0v) is 12.2. The van der Waals surface area contributed by atoms with Gasteiger partial charge in [-0.1, -0.05) is 42.5 Å². The number of amides is 1. The Hall–Kier alpha value is -2.17. The molecule has 0 saturated carbocycles. The van der Waals surface area contributed by atoms with Gasteiger partial charge in [0.2, 0.25) is 0 Å². The van der Waals surface area contributed by atoms with Gasteiger partial charge in [-0.3, -0.25) is 11.1 Å². The van der Waals surface area contributed by atoms with E-state index in [0.29, 0.717) is 13.2 Å². The molecule has 0 bridgehead atoms. The van der Waals surface area contributed by atoms with Gasteiger partial charge in [0.05, 0.1) is 0 Å². The monoisotopic (exact) mass is 285 g/mol. The van der Waals surface area contributed by atoms with Crippen molar-refractivity contribution in [2.45, 2.75) is 26.1 Å². The number of ether oxygens (including phenoxy) is 1. The molecule has 2 aromatic rings. The van der Waals surface area contributed by atoms with Gasteiger partial charge in [-0.25, -0.2) is 4.79 Å². The Labute approximate surface area is 124 Å². The third-order valence-corrected chi connectivity index (χ3v) is 3.27. The molecule has 2 rings (SSSR count). The van der Waals surface area contributed by atoms with Crippen LogP contribution < -0.4 is 15.8 Å². The highest BCUT2D eigenvalue weighted by atomic mass is 16.5. The Kier molecular flexibility index (Phi) is 5.49. The van der Waals surface area contributed by atoms with Gasteiger partial charge in [-0.2, -0.15) is 0 Å². The van der Waals surface area contributed by atoms with Gasteiger partial charge in [0.15, 0.2) is 0 Å². The van der Waals surface area contributed by atoms with Crippen molar-refractivity contribution in [2.24, 2.45) is 0 Å². The normalized spacial score (nSPS) is 11.9. The third-order valence-electron chi connectivity index (χ3n) is 3.27. The molecule has 1 amide bonds. The zero-order chi connectivity index (χ0) is 15.1. The molecule has 0 aliphatic rings. The number of hydrogen-bond acceptors (Lipinski definition) is 3. The molecule has 0 heterocycles. The van der Waals surface area contributed by atoms with Crippen LogP contribution >= 0.6 is 0 Å². The van der Waals surface area contributed by atoms with Gasteiger partial charge in [-0.15, -0.1) is 0 Å². The largest absolute Gasteiger partial charge is 0.489 e. The minimum atomic E-state index is -0.223. The van der Waals surface area contributed by atoms with Gasteiger partial charge in [0, 0.05) is 6.54 Å². The Morgan fingerprint density at radius 2 is 1.76 bits per heavy atom. The maximum absolute atomic E-state index is 11.0. The van der Waals surface area contributed by atoms with Gasteiger partial charge in [0.25, 0.3) is 0 Å². The molecule has 0 radical (unpaired) electrons. The van der Waals surface area contributed by atoms with Crippen LogP contribution in [0.2, 0.25) is 0 Å². The molecule has 2 aromatic carbocycles. The fourth-order valence-corrected chi connectivity index (χ4v) is 1.83. The standard InChI is InChI=1S/C17H20N2O2/c1-13(17(18)20)19-11-14-7-9-16(10-8-14)21-12-15-5-3-2-4-6-15/h2-10,13,19H,11-12H2,1H3,(H2,18,20)/p+1. The van der Waals surface area contributed by atoms with Crippen LogP contribution in [0.5, 0.6) is 5.75 Å². The summed E-state index contributed by atoms with van der Waals surface area (Å²) >= 11 is 0. The first-order valence-corrected chi connectivity index (χ1v) is 7.00. The summed E-state index contributed by atoms with van der Waals surface area (Å²) in [5.74, 6) is 0.738. The van der Waals surface area contributed by atoms with E-state index in [1.165, 1.54) is 0 Å². The summed E-state index contributed by atoms with van der Waals surface area (Å²) in [6, 6.07) is 17.7. The Morgan fingerprint density at radius 1 is 1.10 bits per heavy atom. The molecule has 1 unspecified atom stereocenters. The first-order chi connectivity index (χ1) is 10.1. The van der Waals surface area contributed by atoms with E-state index in [2.05, 4.69) is 11.1 Å². The second kappa shape index (κ2) is 7.57. The quantitative estimate of drug-likeness (QED) is 0.810. The maximum atomic E-state index is 11.0. The second-order valence-corrected chi connectivity index (χ2v) is 4.99. The van der Waals surface area contributed by atoms with Crippen molar-refractivity contribution in [1.29, 1.82) is 0 Å². The van der Waals surface area contributed by atoms with E-state index in [1.807, 2.05) is 61.5 Å². The molecule has 0 aromatic heterocycles. The van der Waals surface area contributed by atoms with Crippen molar-refractivity contribution >= 4 is 5.91 Å². The number of carbonyl (C=O) groups excluding carboxylic acids is 1. The van der Waals surface area contributed by atoms with E-state index >= 15 is 0 Å². The molecule has 4 N–H and O–H groups in total. The lowest BCUT2D eigenvalue weighted by Crippen LogP contribution is -2.64. The van der Waals surface area contributed by atoms with E-state index in [0.717, 1.165) is 16.9 Å². The summed E-state index contributed by atoms with van der Waals surface area (Å²) < 4.78 is 5.73. The summed E-state index contributed by atoms with van der Waals surface area (Å²) in [6.07, 6.45) is 0. The van der Waals surface area contributed by atoms with E-state index in [4.69, 9.17) is 4.74 Å². The third kappa shape index (κ3) is 5.02. The molecule has 0 spiro atoms. The fraction of sp³-hybridized carbons (Fsp3) is 0.235. The number of quaternary nitrogens is 1. The fourth-order valence-electron chi connectivity index (χ4n) is 1.83. The zero-order valence-electron chi connectivity index (χ0n) is 12.2. The molecular formula is C17H21N2O2+. The molecule has 110 valence electrons. The molecule has 0 saturated heterocycles. The van der Waals surface area contributed by atoms with Crippen molar-refractivity contribution < 1.29 is 15.3 Å². The van der Waals surface area contributed by atoms with E-state index in [-0.39, 0.29) is 11.9 Å². The predicted octanol–water partition coefficient (Wildman–Crippen LogP) is 1.51. The molecule has 4 heteroatoms. The number of benzene rings is 2. The SMILES string of the molecule is CC(NCc1ccc(OCc2ccccc2)cc1)C([NH3+])=O. The van der Waals surface area contributed by atoms with Crippen molar-refractivity contribution in [3.63, 3.8) is 0 Å². The highest BCUT2D eigenvalue weighted by Crippen LogP contribution is 2.14. The summed E-state index contributed by atoms with van der Waals surface area (Å²) in [5, 5.41) is 3.12. The van der Waals surface area contributed by atoms with Gasteiger partial charge < -0.3 is 4.74 Å². The van der Waals surface area contributed by atoms with Gasteiger partial charge >= 0.3 is 5.91 Å².